The highest BCUT2D eigenvalue weighted by Crippen LogP contribution is 2.26. The zero-order valence-electron chi connectivity index (χ0n) is 12.1. The molecule has 0 heterocycles. The summed E-state index contributed by atoms with van der Waals surface area (Å²) in [6.45, 7) is 5.49. The highest BCUT2D eigenvalue weighted by atomic mass is 16.5. The molecular formula is C14H25NO4. The Morgan fingerprint density at radius 2 is 1.95 bits per heavy atom. The zero-order chi connectivity index (χ0) is 14.4. The van der Waals surface area contributed by atoms with Crippen LogP contribution in [0.2, 0.25) is 0 Å². The SMILES string of the molecule is CC1CCCCC1OCC(=O)N(CC(=O)O)C(C)C. The van der Waals surface area contributed by atoms with Crippen molar-refractivity contribution in [1.82, 2.24) is 4.90 Å². The number of nitrogens with zero attached hydrogens (tertiary/aromatic N) is 1. The van der Waals surface area contributed by atoms with Gasteiger partial charge in [0.05, 0.1) is 6.10 Å². The molecule has 5 heteroatoms. The minimum absolute atomic E-state index is 0.0134. The predicted octanol–water partition coefficient (Wildman–Crippen LogP) is 1.90. The molecule has 110 valence electrons. The first-order chi connectivity index (χ1) is 8.91. The number of ether oxygens (including phenoxy) is 1. The van der Waals surface area contributed by atoms with E-state index in [2.05, 4.69) is 6.92 Å². The van der Waals surface area contributed by atoms with Crippen LogP contribution in [0.15, 0.2) is 0 Å². The second-order valence-electron chi connectivity index (χ2n) is 5.62. The van der Waals surface area contributed by atoms with Crippen molar-refractivity contribution in [1.29, 1.82) is 0 Å². The number of hydrogen-bond donors (Lipinski definition) is 1. The molecule has 1 rings (SSSR count). The Hall–Kier alpha value is -1.10. The van der Waals surface area contributed by atoms with Crippen molar-refractivity contribution in [2.45, 2.75) is 58.6 Å². The summed E-state index contributed by atoms with van der Waals surface area (Å²) in [4.78, 5) is 24.1. The summed E-state index contributed by atoms with van der Waals surface area (Å²) in [7, 11) is 0. The lowest BCUT2D eigenvalue weighted by atomic mass is 9.88. The molecule has 0 bridgehead atoms. The zero-order valence-corrected chi connectivity index (χ0v) is 12.1. The monoisotopic (exact) mass is 271 g/mol. The van der Waals surface area contributed by atoms with Crippen LogP contribution in [0.4, 0.5) is 0 Å². The topological polar surface area (TPSA) is 66.8 Å². The second kappa shape index (κ2) is 7.48. The molecular weight excluding hydrogens is 246 g/mol. The van der Waals surface area contributed by atoms with Crippen LogP contribution in [0, 0.1) is 5.92 Å². The lowest BCUT2D eigenvalue weighted by Crippen LogP contribution is -2.43. The highest BCUT2D eigenvalue weighted by molar-refractivity contribution is 5.82. The molecule has 2 unspecified atom stereocenters. The summed E-state index contributed by atoms with van der Waals surface area (Å²) in [5, 5.41) is 8.81. The summed E-state index contributed by atoms with van der Waals surface area (Å²) in [5.74, 6) is -0.753. The molecule has 0 spiro atoms. The number of carbonyl (C=O) groups is 2. The van der Waals surface area contributed by atoms with E-state index in [1.54, 1.807) is 0 Å². The van der Waals surface area contributed by atoms with E-state index in [-0.39, 0.29) is 31.2 Å². The summed E-state index contributed by atoms with van der Waals surface area (Å²) in [5.41, 5.74) is 0. The fourth-order valence-electron chi connectivity index (χ4n) is 2.50. The van der Waals surface area contributed by atoms with E-state index in [1.165, 1.54) is 11.3 Å². The minimum atomic E-state index is -0.993. The van der Waals surface area contributed by atoms with Gasteiger partial charge in [-0.25, -0.2) is 0 Å². The average Bonchev–Trinajstić information content (AvgIpc) is 2.34. The van der Waals surface area contributed by atoms with Crippen LogP contribution in [0.1, 0.15) is 46.5 Å². The number of carboxylic acid groups (broad SMARTS) is 1. The lowest BCUT2D eigenvalue weighted by Gasteiger charge is -2.30. The van der Waals surface area contributed by atoms with Gasteiger partial charge in [0.25, 0.3) is 0 Å². The van der Waals surface area contributed by atoms with Crippen molar-refractivity contribution < 1.29 is 19.4 Å². The van der Waals surface area contributed by atoms with Crippen LogP contribution < -0.4 is 0 Å². The van der Waals surface area contributed by atoms with Crippen LogP contribution in [0.5, 0.6) is 0 Å². The van der Waals surface area contributed by atoms with Gasteiger partial charge in [-0.15, -0.1) is 0 Å². The molecule has 1 saturated carbocycles. The Bertz CT molecular complexity index is 317. The van der Waals surface area contributed by atoms with Crippen molar-refractivity contribution in [2.75, 3.05) is 13.2 Å². The summed E-state index contributed by atoms with van der Waals surface area (Å²) in [6, 6.07) is -0.129. The molecule has 1 aliphatic carbocycles. The first-order valence-electron chi connectivity index (χ1n) is 7.04. The Labute approximate surface area is 114 Å². The fourth-order valence-corrected chi connectivity index (χ4v) is 2.50. The molecule has 0 aromatic heterocycles. The number of aliphatic carboxylic acids is 1. The molecule has 1 N–H and O–H groups in total. The number of rotatable bonds is 6. The fraction of sp³-hybridized carbons (Fsp3) is 0.857. The summed E-state index contributed by atoms with van der Waals surface area (Å²) >= 11 is 0. The molecule has 19 heavy (non-hydrogen) atoms. The van der Waals surface area contributed by atoms with Gasteiger partial charge in [-0.2, -0.15) is 0 Å². The van der Waals surface area contributed by atoms with E-state index >= 15 is 0 Å². The van der Waals surface area contributed by atoms with E-state index in [0.717, 1.165) is 19.3 Å². The van der Waals surface area contributed by atoms with Gasteiger partial charge in [0, 0.05) is 6.04 Å². The Morgan fingerprint density at radius 1 is 1.32 bits per heavy atom. The molecule has 0 aliphatic heterocycles. The number of carbonyl (C=O) groups excluding carboxylic acids is 1. The Balaban J connectivity index is 2.45. The maximum atomic E-state index is 12.0. The number of hydrogen-bond acceptors (Lipinski definition) is 3. The Kier molecular flexibility index (Phi) is 6.28. The van der Waals surface area contributed by atoms with Crippen LogP contribution in [-0.2, 0) is 14.3 Å². The molecule has 5 nitrogen and oxygen atoms in total. The largest absolute Gasteiger partial charge is 0.480 e. The maximum Gasteiger partial charge on any atom is 0.323 e. The highest BCUT2D eigenvalue weighted by Gasteiger charge is 2.25. The molecule has 0 aromatic carbocycles. The molecule has 1 fully saturated rings. The van der Waals surface area contributed by atoms with Crippen LogP contribution >= 0.6 is 0 Å². The summed E-state index contributed by atoms with van der Waals surface area (Å²) < 4.78 is 5.69. The van der Waals surface area contributed by atoms with Crippen molar-refractivity contribution >= 4 is 11.9 Å². The molecule has 0 aromatic rings. The van der Waals surface area contributed by atoms with Gasteiger partial charge >= 0.3 is 5.97 Å². The second-order valence-corrected chi connectivity index (χ2v) is 5.62. The van der Waals surface area contributed by atoms with Gasteiger partial charge < -0.3 is 14.7 Å². The van der Waals surface area contributed by atoms with Crippen molar-refractivity contribution in [3.8, 4) is 0 Å². The first-order valence-corrected chi connectivity index (χ1v) is 7.04. The number of carboxylic acids is 1. The van der Waals surface area contributed by atoms with Gasteiger partial charge in [-0.1, -0.05) is 19.8 Å². The van der Waals surface area contributed by atoms with Gasteiger partial charge in [-0.05, 0) is 32.6 Å². The van der Waals surface area contributed by atoms with Crippen molar-refractivity contribution in [3.63, 3.8) is 0 Å². The van der Waals surface area contributed by atoms with Crippen LogP contribution in [-0.4, -0.2) is 47.2 Å². The van der Waals surface area contributed by atoms with Gasteiger partial charge in [0.1, 0.15) is 13.2 Å². The smallest absolute Gasteiger partial charge is 0.323 e. The van der Waals surface area contributed by atoms with Crippen LogP contribution in [0.25, 0.3) is 0 Å². The normalized spacial score (nSPS) is 23.4. The molecule has 2 atom stereocenters. The molecule has 0 radical (unpaired) electrons. The van der Waals surface area contributed by atoms with Crippen molar-refractivity contribution in [3.05, 3.63) is 0 Å². The van der Waals surface area contributed by atoms with Crippen molar-refractivity contribution in [2.24, 2.45) is 5.92 Å². The minimum Gasteiger partial charge on any atom is -0.480 e. The molecule has 1 amide bonds. The average molecular weight is 271 g/mol. The van der Waals surface area contributed by atoms with E-state index in [4.69, 9.17) is 9.84 Å². The predicted molar refractivity (Wildman–Crippen MR) is 71.9 cm³/mol. The van der Waals surface area contributed by atoms with Gasteiger partial charge in [0.15, 0.2) is 0 Å². The van der Waals surface area contributed by atoms with E-state index in [0.29, 0.717) is 5.92 Å². The van der Waals surface area contributed by atoms with Gasteiger partial charge in [0.2, 0.25) is 5.91 Å². The van der Waals surface area contributed by atoms with Gasteiger partial charge in [-0.3, -0.25) is 9.59 Å². The van der Waals surface area contributed by atoms with E-state index in [9.17, 15) is 9.59 Å². The summed E-state index contributed by atoms with van der Waals surface area (Å²) in [6.07, 6.45) is 4.64. The quantitative estimate of drug-likeness (QED) is 0.801. The van der Waals surface area contributed by atoms with E-state index in [1.807, 2.05) is 13.8 Å². The third-order valence-corrected chi connectivity index (χ3v) is 3.70. The lowest BCUT2D eigenvalue weighted by molar-refractivity contribution is -0.150. The molecule has 0 saturated heterocycles. The van der Waals surface area contributed by atoms with Crippen LogP contribution in [0.3, 0.4) is 0 Å². The Morgan fingerprint density at radius 3 is 2.47 bits per heavy atom. The number of amides is 1. The van der Waals surface area contributed by atoms with E-state index < -0.39 is 5.97 Å². The first kappa shape index (κ1) is 16.0. The third-order valence-electron chi connectivity index (χ3n) is 3.70. The standard InChI is InChI=1S/C14H25NO4/c1-10(2)15(8-14(17)18)13(16)9-19-12-7-5-4-6-11(12)3/h10-12H,4-9H2,1-3H3,(H,17,18). The third kappa shape index (κ3) is 5.19. The molecule has 1 aliphatic rings. The maximum absolute atomic E-state index is 12.0.